The van der Waals surface area contributed by atoms with Crippen molar-refractivity contribution >= 4 is 21.8 Å². The van der Waals surface area contributed by atoms with Crippen molar-refractivity contribution in [1.29, 1.82) is 0 Å². The molecule has 0 unspecified atom stereocenters. The highest BCUT2D eigenvalue weighted by molar-refractivity contribution is 6.07. The van der Waals surface area contributed by atoms with Gasteiger partial charge in [0.05, 0.1) is 1.37 Å². The third-order valence-electron chi connectivity index (χ3n) is 2.73. The molecular weight excluding hydrogens is 170 g/mol. The molecule has 0 aliphatic heterocycles. The van der Waals surface area contributed by atoms with E-state index in [1.165, 1.54) is 16.3 Å². The monoisotopic (exact) mass is 182 g/mol. The van der Waals surface area contributed by atoms with E-state index in [9.17, 15) is 0 Å². The molecule has 1 aromatic heterocycles. The average Bonchev–Trinajstić information content (AvgIpc) is 2.55. The first-order chi connectivity index (χ1) is 7.29. The lowest BCUT2D eigenvalue weighted by Gasteiger charge is -1.95. The van der Waals surface area contributed by atoms with Gasteiger partial charge in [-0.25, -0.2) is 0 Å². The Kier molecular flexibility index (Phi) is 1.24. The molecule has 1 heteroatoms. The van der Waals surface area contributed by atoms with E-state index in [4.69, 9.17) is 1.37 Å². The summed E-state index contributed by atoms with van der Waals surface area (Å²) in [5.41, 5.74) is 2.20. The van der Waals surface area contributed by atoms with E-state index in [1.54, 1.807) is 0 Å². The smallest absolute Gasteiger partial charge is 0.0645 e. The molecule has 2 aromatic carbocycles. The SMILES string of the molecule is [2H]c1cccc2c3ccccc3n(C)c12. The van der Waals surface area contributed by atoms with Crippen molar-refractivity contribution in [2.24, 2.45) is 7.05 Å². The van der Waals surface area contributed by atoms with Crippen LogP contribution in [0, 0.1) is 0 Å². The van der Waals surface area contributed by atoms with Crippen LogP contribution in [0.2, 0.25) is 0 Å². The Morgan fingerprint density at radius 3 is 2.43 bits per heavy atom. The summed E-state index contributed by atoms with van der Waals surface area (Å²) in [4.78, 5) is 0. The zero-order valence-corrected chi connectivity index (χ0v) is 7.99. The zero-order chi connectivity index (χ0) is 10.4. The summed E-state index contributed by atoms with van der Waals surface area (Å²) in [6.45, 7) is 0. The molecule has 3 rings (SSSR count). The van der Waals surface area contributed by atoms with Crippen LogP contribution in [0.3, 0.4) is 0 Å². The van der Waals surface area contributed by atoms with Crippen molar-refractivity contribution in [3.8, 4) is 0 Å². The molecule has 0 bridgehead atoms. The van der Waals surface area contributed by atoms with Gasteiger partial charge in [-0.1, -0.05) is 36.4 Å². The number of hydrogen-bond acceptors (Lipinski definition) is 0. The van der Waals surface area contributed by atoms with Gasteiger partial charge < -0.3 is 4.57 Å². The first-order valence-corrected chi connectivity index (χ1v) is 4.72. The fourth-order valence-corrected chi connectivity index (χ4v) is 2.04. The standard InChI is InChI=1S/C13H11N/c1-14-12-8-4-2-6-10(12)11-7-3-5-9-13(11)14/h2-9H,1H3/i8D. The number of fused-ring (bicyclic) bond motifs is 3. The van der Waals surface area contributed by atoms with Gasteiger partial charge in [0.15, 0.2) is 0 Å². The fraction of sp³-hybridized carbons (Fsp3) is 0.0769. The van der Waals surface area contributed by atoms with Crippen LogP contribution in [-0.4, -0.2) is 4.57 Å². The van der Waals surface area contributed by atoms with Crippen molar-refractivity contribution in [2.45, 2.75) is 0 Å². The summed E-state index contributed by atoms with van der Waals surface area (Å²) in [6, 6.07) is 14.7. The molecule has 68 valence electrons. The van der Waals surface area contributed by atoms with Gasteiger partial charge in [-0.3, -0.25) is 0 Å². The van der Waals surface area contributed by atoms with Crippen LogP contribution in [0.1, 0.15) is 1.37 Å². The third-order valence-corrected chi connectivity index (χ3v) is 2.73. The number of rotatable bonds is 0. The largest absolute Gasteiger partial charge is 0.344 e. The number of aromatic nitrogens is 1. The molecule has 1 heterocycles. The Morgan fingerprint density at radius 1 is 0.929 bits per heavy atom. The van der Waals surface area contributed by atoms with Gasteiger partial charge in [0.1, 0.15) is 0 Å². The van der Waals surface area contributed by atoms with Crippen LogP contribution in [0.25, 0.3) is 21.8 Å². The van der Waals surface area contributed by atoms with Crippen molar-refractivity contribution in [1.82, 2.24) is 4.57 Å². The summed E-state index contributed by atoms with van der Waals surface area (Å²) >= 11 is 0. The van der Waals surface area contributed by atoms with Crippen LogP contribution in [0.15, 0.2) is 48.5 Å². The average molecular weight is 182 g/mol. The van der Waals surface area contributed by atoms with E-state index < -0.39 is 0 Å². The number of benzene rings is 2. The lowest BCUT2D eigenvalue weighted by atomic mass is 10.2. The topological polar surface area (TPSA) is 4.93 Å². The van der Waals surface area contributed by atoms with Crippen LogP contribution in [-0.2, 0) is 7.05 Å². The molecule has 0 N–H and O–H groups in total. The van der Waals surface area contributed by atoms with Crippen LogP contribution >= 0.6 is 0 Å². The molecule has 0 fully saturated rings. The van der Waals surface area contributed by atoms with E-state index in [1.807, 2.05) is 31.3 Å². The lowest BCUT2D eigenvalue weighted by Crippen LogP contribution is -1.84. The minimum atomic E-state index is 0.589. The van der Waals surface area contributed by atoms with E-state index in [0.717, 1.165) is 5.52 Å². The molecule has 0 saturated heterocycles. The summed E-state index contributed by atoms with van der Waals surface area (Å²) in [5.74, 6) is 0. The van der Waals surface area contributed by atoms with E-state index in [-0.39, 0.29) is 0 Å². The maximum Gasteiger partial charge on any atom is 0.0645 e. The van der Waals surface area contributed by atoms with Gasteiger partial charge in [-0.05, 0) is 12.1 Å². The Hall–Kier alpha value is -1.76. The normalized spacial score (nSPS) is 12.2. The van der Waals surface area contributed by atoms with E-state index in [0.29, 0.717) is 6.04 Å². The maximum absolute atomic E-state index is 7.92. The second-order valence-corrected chi connectivity index (χ2v) is 3.51. The molecular formula is C13H11N. The van der Waals surface area contributed by atoms with Crippen molar-refractivity contribution in [2.75, 3.05) is 0 Å². The predicted octanol–water partition coefficient (Wildman–Crippen LogP) is 3.33. The minimum absolute atomic E-state index is 0.589. The van der Waals surface area contributed by atoms with E-state index in [2.05, 4.69) is 22.8 Å². The number of hydrogen-bond donors (Lipinski definition) is 0. The maximum atomic E-state index is 7.92. The highest BCUT2D eigenvalue weighted by atomic mass is 14.9. The Balaban J connectivity index is 2.69. The predicted molar refractivity (Wildman–Crippen MR) is 60.4 cm³/mol. The van der Waals surface area contributed by atoms with Gasteiger partial charge in [0, 0.05) is 28.9 Å². The summed E-state index contributed by atoms with van der Waals surface area (Å²) in [7, 11) is 2.02. The summed E-state index contributed by atoms with van der Waals surface area (Å²) < 4.78 is 10.0. The van der Waals surface area contributed by atoms with E-state index >= 15 is 0 Å². The highest BCUT2D eigenvalue weighted by Gasteiger charge is 2.04. The lowest BCUT2D eigenvalue weighted by molar-refractivity contribution is 1.01. The third kappa shape index (κ3) is 0.841. The van der Waals surface area contributed by atoms with Crippen LogP contribution in [0.5, 0.6) is 0 Å². The van der Waals surface area contributed by atoms with Gasteiger partial charge in [0.2, 0.25) is 0 Å². The number of nitrogens with zero attached hydrogens (tertiary/aromatic N) is 1. The molecule has 0 radical (unpaired) electrons. The van der Waals surface area contributed by atoms with Crippen LogP contribution < -0.4 is 0 Å². The molecule has 14 heavy (non-hydrogen) atoms. The first-order valence-electron chi connectivity index (χ1n) is 5.22. The van der Waals surface area contributed by atoms with Crippen molar-refractivity contribution in [3.05, 3.63) is 48.5 Å². The van der Waals surface area contributed by atoms with Gasteiger partial charge >= 0.3 is 0 Å². The zero-order valence-electron chi connectivity index (χ0n) is 8.99. The molecule has 0 aliphatic rings. The molecule has 0 saturated carbocycles. The molecule has 0 aliphatic carbocycles. The quantitative estimate of drug-likeness (QED) is 0.502. The highest BCUT2D eigenvalue weighted by Crippen LogP contribution is 2.26. The Morgan fingerprint density at radius 2 is 1.57 bits per heavy atom. The van der Waals surface area contributed by atoms with Gasteiger partial charge in [-0.15, -0.1) is 0 Å². The second kappa shape index (κ2) is 2.61. The van der Waals surface area contributed by atoms with Crippen LogP contribution in [0.4, 0.5) is 0 Å². The second-order valence-electron chi connectivity index (χ2n) is 3.51. The Labute approximate surface area is 84.0 Å². The molecule has 3 aromatic rings. The number of aryl methyl sites for hydroxylation is 1. The number of para-hydroxylation sites is 2. The van der Waals surface area contributed by atoms with Crippen molar-refractivity contribution in [3.63, 3.8) is 0 Å². The summed E-state index contributed by atoms with van der Waals surface area (Å²) in [6.07, 6.45) is 0. The first kappa shape index (κ1) is 6.66. The Bertz CT molecular complexity index is 652. The van der Waals surface area contributed by atoms with Gasteiger partial charge in [-0.2, -0.15) is 0 Å². The molecule has 0 amide bonds. The molecule has 1 nitrogen and oxygen atoms in total. The van der Waals surface area contributed by atoms with Crippen molar-refractivity contribution < 1.29 is 1.37 Å². The molecule has 0 spiro atoms. The van der Waals surface area contributed by atoms with Gasteiger partial charge in [0.25, 0.3) is 0 Å². The molecule has 0 atom stereocenters. The minimum Gasteiger partial charge on any atom is -0.344 e. The summed E-state index contributed by atoms with van der Waals surface area (Å²) in [5, 5.41) is 2.39. The fourth-order valence-electron chi connectivity index (χ4n) is 2.04.